The maximum absolute atomic E-state index is 12.9. The van der Waals surface area contributed by atoms with Crippen molar-refractivity contribution >= 4 is 34.6 Å². The van der Waals surface area contributed by atoms with E-state index in [1.54, 1.807) is 0 Å². The van der Waals surface area contributed by atoms with Crippen molar-refractivity contribution in [1.29, 1.82) is 0 Å². The van der Waals surface area contributed by atoms with Gasteiger partial charge >= 0.3 is 12.4 Å². The van der Waals surface area contributed by atoms with Crippen LogP contribution in [0.3, 0.4) is 0 Å². The number of thioether (sulfide) groups is 1. The molecule has 1 N–H and O–H groups in total. The van der Waals surface area contributed by atoms with E-state index >= 15 is 0 Å². The first-order valence-corrected chi connectivity index (χ1v) is 14.8. The fourth-order valence-corrected chi connectivity index (χ4v) is 5.55. The van der Waals surface area contributed by atoms with E-state index in [-0.39, 0.29) is 29.4 Å². The third-order valence-corrected chi connectivity index (χ3v) is 8.12. The Morgan fingerprint density at radius 2 is 1.77 bits per heavy atom. The number of hydrogen-bond acceptors (Lipinski definition) is 6. The number of nitrogens with one attached hydrogen (secondary N) is 1. The van der Waals surface area contributed by atoms with Crippen LogP contribution in [0.1, 0.15) is 37.8 Å². The summed E-state index contributed by atoms with van der Waals surface area (Å²) in [5.74, 6) is 0.160. The first kappa shape index (κ1) is 30.8. The second kappa shape index (κ2) is 12.9. The van der Waals surface area contributed by atoms with Crippen LogP contribution in [0.5, 0.6) is 5.75 Å². The molecular formula is C31H29F3N6O3S. The van der Waals surface area contributed by atoms with Crippen molar-refractivity contribution in [2.45, 2.75) is 45.5 Å². The van der Waals surface area contributed by atoms with Gasteiger partial charge in [0, 0.05) is 17.5 Å². The molecule has 2 atom stereocenters. The molecule has 1 aromatic heterocycles. The number of amides is 3. The van der Waals surface area contributed by atoms with Gasteiger partial charge in [0.2, 0.25) is 5.91 Å². The number of carbonyl (C=O) groups is 2. The van der Waals surface area contributed by atoms with E-state index < -0.39 is 12.4 Å². The number of aryl methyl sites for hydroxylation is 1. The number of urea groups is 1. The molecule has 9 nitrogen and oxygen atoms in total. The topological polar surface area (TPSA) is 102 Å². The number of amidine groups is 1. The van der Waals surface area contributed by atoms with Gasteiger partial charge in [0.1, 0.15) is 12.1 Å². The smallest absolute Gasteiger partial charge is 0.406 e. The average molecular weight is 623 g/mol. The molecule has 0 aliphatic carbocycles. The van der Waals surface area contributed by atoms with Crippen molar-refractivity contribution in [3.05, 3.63) is 90.3 Å². The highest BCUT2D eigenvalue weighted by molar-refractivity contribution is 8.15. The Morgan fingerprint density at radius 3 is 2.45 bits per heavy atom. The van der Waals surface area contributed by atoms with Gasteiger partial charge in [-0.3, -0.25) is 9.69 Å². The zero-order valence-electron chi connectivity index (χ0n) is 24.1. The molecule has 2 unspecified atom stereocenters. The maximum Gasteiger partial charge on any atom is 0.573 e. The number of nitrogens with zero attached hydrogens (tertiary/aromatic N) is 5. The molecule has 1 saturated heterocycles. The Kier molecular flexibility index (Phi) is 9.04. The van der Waals surface area contributed by atoms with Crippen LogP contribution in [-0.2, 0) is 11.2 Å². The van der Waals surface area contributed by atoms with E-state index in [1.165, 1.54) is 51.9 Å². The number of benzene rings is 3. The molecule has 0 spiro atoms. The summed E-state index contributed by atoms with van der Waals surface area (Å²) in [5.41, 5.74) is 3.98. The monoisotopic (exact) mass is 622 g/mol. The van der Waals surface area contributed by atoms with Crippen molar-refractivity contribution < 1.29 is 27.5 Å². The van der Waals surface area contributed by atoms with Crippen molar-refractivity contribution in [3.63, 3.8) is 0 Å². The molecule has 1 fully saturated rings. The van der Waals surface area contributed by atoms with Gasteiger partial charge in [0.15, 0.2) is 11.0 Å². The summed E-state index contributed by atoms with van der Waals surface area (Å²) < 4.78 is 42.6. The van der Waals surface area contributed by atoms with Crippen LogP contribution in [0.25, 0.3) is 17.1 Å². The summed E-state index contributed by atoms with van der Waals surface area (Å²) in [7, 11) is 0. The molecule has 228 valence electrons. The number of aromatic nitrogens is 3. The van der Waals surface area contributed by atoms with Gasteiger partial charge in [-0.25, -0.2) is 14.5 Å². The quantitative estimate of drug-likeness (QED) is 0.234. The SMILES string of the molecule is CCc1ccccc1N1C(=O)CS/C1=N\C(=O)NC(C)C(C)c1ccc(-c2ncn(-c3ccc(OC(F)(F)F)cc3)n2)cc1. The van der Waals surface area contributed by atoms with Gasteiger partial charge in [-0.2, -0.15) is 4.99 Å². The summed E-state index contributed by atoms with van der Waals surface area (Å²) in [4.78, 5) is 35.6. The van der Waals surface area contributed by atoms with E-state index in [4.69, 9.17) is 0 Å². The molecule has 1 aliphatic rings. The molecule has 44 heavy (non-hydrogen) atoms. The zero-order valence-corrected chi connectivity index (χ0v) is 24.9. The van der Waals surface area contributed by atoms with Crippen LogP contribution >= 0.6 is 11.8 Å². The van der Waals surface area contributed by atoms with Crippen molar-refractivity contribution in [1.82, 2.24) is 20.1 Å². The lowest BCUT2D eigenvalue weighted by Crippen LogP contribution is -2.36. The van der Waals surface area contributed by atoms with Crippen LogP contribution in [0.4, 0.5) is 23.7 Å². The summed E-state index contributed by atoms with van der Waals surface area (Å²) in [6.45, 7) is 5.89. The Labute approximate surface area is 256 Å². The molecule has 0 radical (unpaired) electrons. The first-order valence-electron chi connectivity index (χ1n) is 13.8. The highest BCUT2D eigenvalue weighted by atomic mass is 32.2. The minimum absolute atomic E-state index is 0.0640. The Hall–Kier alpha value is -4.65. The number of aliphatic imine (C=N–C) groups is 1. The summed E-state index contributed by atoms with van der Waals surface area (Å²) in [5, 5.41) is 7.72. The third kappa shape index (κ3) is 7.10. The van der Waals surface area contributed by atoms with Crippen LogP contribution < -0.4 is 15.0 Å². The van der Waals surface area contributed by atoms with E-state index in [0.717, 1.165) is 28.8 Å². The van der Waals surface area contributed by atoms with Gasteiger partial charge in [0.05, 0.1) is 17.1 Å². The maximum atomic E-state index is 12.9. The molecule has 2 heterocycles. The van der Waals surface area contributed by atoms with Crippen LogP contribution in [0.15, 0.2) is 84.1 Å². The number of ether oxygens (including phenoxy) is 1. The number of para-hydroxylation sites is 1. The number of rotatable bonds is 8. The molecule has 0 bridgehead atoms. The van der Waals surface area contributed by atoms with Gasteiger partial charge in [-0.15, -0.1) is 18.3 Å². The summed E-state index contributed by atoms with van der Waals surface area (Å²) in [6, 6.07) is 19.7. The van der Waals surface area contributed by atoms with Crippen LogP contribution in [0, 0.1) is 0 Å². The van der Waals surface area contributed by atoms with E-state index in [0.29, 0.717) is 16.7 Å². The lowest BCUT2D eigenvalue weighted by molar-refractivity contribution is -0.274. The van der Waals surface area contributed by atoms with Crippen LogP contribution in [0.2, 0.25) is 0 Å². The predicted octanol–water partition coefficient (Wildman–Crippen LogP) is 6.73. The van der Waals surface area contributed by atoms with Gasteiger partial charge < -0.3 is 10.1 Å². The number of alkyl halides is 3. The Bertz CT molecular complexity index is 1670. The van der Waals surface area contributed by atoms with Crippen LogP contribution in [-0.4, -0.2) is 50.0 Å². The predicted molar refractivity (Wildman–Crippen MR) is 163 cm³/mol. The molecule has 3 amide bonds. The first-order chi connectivity index (χ1) is 21.0. The zero-order chi connectivity index (χ0) is 31.4. The fraction of sp³-hybridized carbons (Fsp3) is 0.258. The highest BCUT2D eigenvalue weighted by Gasteiger charge is 2.32. The Balaban J connectivity index is 1.22. The normalized spacial score (nSPS) is 15.8. The average Bonchev–Trinajstić information content (AvgIpc) is 3.63. The number of carbonyl (C=O) groups excluding carboxylic acids is 2. The van der Waals surface area contributed by atoms with Crippen molar-refractivity contribution in [2.75, 3.05) is 10.7 Å². The largest absolute Gasteiger partial charge is 0.573 e. The van der Waals surface area contributed by atoms with Crippen molar-refractivity contribution in [2.24, 2.45) is 4.99 Å². The second-order valence-corrected chi connectivity index (χ2v) is 11.0. The standard InChI is InChI=1S/C31H29F3N6O3S/c1-4-21-7-5-6-8-26(21)40-27(41)17-44-30(40)37-29(42)36-20(3)19(2)22-9-11-23(12-10-22)28-35-18-39(38-28)24-13-15-25(16-14-24)43-31(32,33)34/h5-16,18-20H,4,17H2,1-3H3,(H,36,42)/b37-30-. The van der Waals surface area contributed by atoms with E-state index in [2.05, 4.69) is 25.1 Å². The Morgan fingerprint density at radius 1 is 1.07 bits per heavy atom. The number of anilines is 1. The number of hydrogen-bond donors (Lipinski definition) is 1. The molecule has 0 saturated carbocycles. The molecule has 13 heteroatoms. The molecule has 4 aromatic rings. The highest BCUT2D eigenvalue weighted by Crippen LogP contribution is 2.30. The fourth-order valence-electron chi connectivity index (χ4n) is 4.69. The molecule has 3 aromatic carbocycles. The number of halogens is 3. The van der Waals surface area contributed by atoms with Gasteiger partial charge in [0.25, 0.3) is 0 Å². The molecular weight excluding hydrogens is 593 g/mol. The van der Waals surface area contributed by atoms with E-state index in [9.17, 15) is 22.8 Å². The van der Waals surface area contributed by atoms with E-state index in [1.807, 2.05) is 69.3 Å². The lowest BCUT2D eigenvalue weighted by Gasteiger charge is -2.22. The van der Waals surface area contributed by atoms with Gasteiger partial charge in [-0.1, -0.05) is 68.1 Å². The second-order valence-electron chi connectivity index (χ2n) is 10.1. The minimum atomic E-state index is -4.76. The molecule has 1 aliphatic heterocycles. The molecule has 5 rings (SSSR count). The lowest BCUT2D eigenvalue weighted by atomic mass is 9.93. The van der Waals surface area contributed by atoms with Crippen molar-refractivity contribution in [3.8, 4) is 22.8 Å². The van der Waals surface area contributed by atoms with Gasteiger partial charge in [-0.05, 0) is 54.8 Å². The third-order valence-electron chi connectivity index (χ3n) is 7.20. The summed E-state index contributed by atoms with van der Waals surface area (Å²) >= 11 is 1.24. The summed E-state index contributed by atoms with van der Waals surface area (Å²) in [6.07, 6.45) is -2.54. The minimum Gasteiger partial charge on any atom is -0.406 e.